The zero-order chi connectivity index (χ0) is 12.8. The molecular formula is C15H20BrNO. The predicted molar refractivity (Wildman–Crippen MR) is 77.9 cm³/mol. The van der Waals surface area contributed by atoms with Gasteiger partial charge < -0.3 is 5.32 Å². The number of benzene rings is 1. The van der Waals surface area contributed by atoms with E-state index in [-0.39, 0.29) is 11.4 Å². The molecule has 1 saturated carbocycles. The summed E-state index contributed by atoms with van der Waals surface area (Å²) in [6, 6.07) is 9.93. The fourth-order valence-electron chi connectivity index (χ4n) is 2.64. The number of carbonyl (C=O) groups excluding carboxylic acids is 1. The van der Waals surface area contributed by atoms with Crippen LogP contribution in [0.3, 0.4) is 0 Å². The van der Waals surface area contributed by atoms with Crippen LogP contribution in [0.5, 0.6) is 0 Å². The molecule has 1 aromatic rings. The molecule has 0 aromatic heterocycles. The van der Waals surface area contributed by atoms with Crippen molar-refractivity contribution in [1.82, 2.24) is 5.32 Å². The van der Waals surface area contributed by atoms with E-state index in [0.717, 1.165) is 23.7 Å². The van der Waals surface area contributed by atoms with Gasteiger partial charge in [0.15, 0.2) is 0 Å². The number of nitrogens with one attached hydrogen (secondary N) is 1. The summed E-state index contributed by atoms with van der Waals surface area (Å²) in [5.41, 5.74) is 1.07. The first-order valence-corrected chi connectivity index (χ1v) is 7.77. The molecule has 2 nitrogen and oxygen atoms in total. The number of amides is 1. The van der Waals surface area contributed by atoms with Gasteiger partial charge >= 0.3 is 0 Å². The maximum Gasteiger partial charge on any atom is 0.224 e. The van der Waals surface area contributed by atoms with Gasteiger partial charge in [-0.2, -0.15) is 0 Å². The Morgan fingerprint density at radius 1 is 1.17 bits per heavy atom. The lowest BCUT2D eigenvalue weighted by atomic mass is 9.83. The highest BCUT2D eigenvalue weighted by molar-refractivity contribution is 9.09. The standard InChI is InChI=1S/C15H20BrNO/c16-12-15(9-5-2-6-10-15)17-14(18)11-13-7-3-1-4-8-13/h1,3-4,7-8H,2,5-6,9-12H2,(H,17,18). The summed E-state index contributed by atoms with van der Waals surface area (Å²) >= 11 is 3.57. The first-order chi connectivity index (χ1) is 8.74. The van der Waals surface area contributed by atoms with E-state index < -0.39 is 0 Å². The van der Waals surface area contributed by atoms with Crippen molar-refractivity contribution in [3.05, 3.63) is 35.9 Å². The molecular weight excluding hydrogens is 290 g/mol. The van der Waals surface area contributed by atoms with Crippen LogP contribution in [-0.2, 0) is 11.2 Å². The van der Waals surface area contributed by atoms with Crippen LogP contribution in [0.2, 0.25) is 0 Å². The summed E-state index contributed by atoms with van der Waals surface area (Å²) in [6.07, 6.45) is 6.41. The molecule has 1 amide bonds. The molecule has 1 aliphatic carbocycles. The number of hydrogen-bond donors (Lipinski definition) is 1. The van der Waals surface area contributed by atoms with E-state index in [0.29, 0.717) is 6.42 Å². The summed E-state index contributed by atoms with van der Waals surface area (Å²) in [7, 11) is 0. The zero-order valence-electron chi connectivity index (χ0n) is 10.6. The van der Waals surface area contributed by atoms with E-state index in [4.69, 9.17) is 0 Å². The van der Waals surface area contributed by atoms with Crippen molar-refractivity contribution in [3.63, 3.8) is 0 Å². The van der Waals surface area contributed by atoms with Gasteiger partial charge in [0.05, 0.1) is 6.42 Å². The van der Waals surface area contributed by atoms with E-state index in [1.807, 2.05) is 30.3 Å². The molecule has 0 atom stereocenters. The molecule has 98 valence electrons. The molecule has 0 spiro atoms. The van der Waals surface area contributed by atoms with Crippen molar-refractivity contribution >= 4 is 21.8 Å². The van der Waals surface area contributed by atoms with Crippen LogP contribution in [-0.4, -0.2) is 16.8 Å². The average molecular weight is 310 g/mol. The van der Waals surface area contributed by atoms with Crippen molar-refractivity contribution < 1.29 is 4.79 Å². The molecule has 18 heavy (non-hydrogen) atoms. The number of rotatable bonds is 4. The fourth-order valence-corrected chi connectivity index (χ4v) is 3.34. The van der Waals surface area contributed by atoms with Crippen molar-refractivity contribution in [2.75, 3.05) is 5.33 Å². The van der Waals surface area contributed by atoms with Crippen LogP contribution in [0.15, 0.2) is 30.3 Å². The first-order valence-electron chi connectivity index (χ1n) is 6.65. The Morgan fingerprint density at radius 2 is 1.83 bits per heavy atom. The lowest BCUT2D eigenvalue weighted by molar-refractivity contribution is -0.122. The molecule has 1 N–H and O–H groups in total. The molecule has 1 fully saturated rings. The summed E-state index contributed by atoms with van der Waals surface area (Å²) in [5, 5.41) is 4.11. The molecule has 0 heterocycles. The third-order valence-corrected chi connectivity index (χ3v) is 4.75. The maximum absolute atomic E-state index is 12.1. The summed E-state index contributed by atoms with van der Waals surface area (Å²) in [4.78, 5) is 12.1. The summed E-state index contributed by atoms with van der Waals surface area (Å²) in [6.45, 7) is 0. The third-order valence-electron chi connectivity index (χ3n) is 3.68. The van der Waals surface area contributed by atoms with Crippen molar-refractivity contribution in [2.24, 2.45) is 0 Å². The summed E-state index contributed by atoms with van der Waals surface area (Å²) in [5.74, 6) is 0.141. The second-order valence-electron chi connectivity index (χ2n) is 5.19. The van der Waals surface area contributed by atoms with Gasteiger partial charge in [-0.15, -0.1) is 0 Å². The van der Waals surface area contributed by atoms with Gasteiger partial charge in [0, 0.05) is 10.9 Å². The Bertz CT molecular complexity index is 385. The van der Waals surface area contributed by atoms with Crippen molar-refractivity contribution in [1.29, 1.82) is 0 Å². The van der Waals surface area contributed by atoms with Gasteiger partial charge in [0.1, 0.15) is 0 Å². The normalized spacial score (nSPS) is 18.3. The third kappa shape index (κ3) is 3.58. The SMILES string of the molecule is O=C(Cc1ccccc1)NC1(CBr)CCCCC1. The van der Waals surface area contributed by atoms with E-state index >= 15 is 0 Å². The molecule has 0 unspecified atom stereocenters. The predicted octanol–water partition coefficient (Wildman–Crippen LogP) is 3.44. The monoisotopic (exact) mass is 309 g/mol. The largest absolute Gasteiger partial charge is 0.350 e. The van der Waals surface area contributed by atoms with E-state index in [9.17, 15) is 4.79 Å². The average Bonchev–Trinajstić information content (AvgIpc) is 2.41. The molecule has 0 bridgehead atoms. The van der Waals surface area contributed by atoms with Gasteiger partial charge in [-0.1, -0.05) is 65.5 Å². The second-order valence-corrected chi connectivity index (χ2v) is 5.75. The smallest absolute Gasteiger partial charge is 0.224 e. The fraction of sp³-hybridized carbons (Fsp3) is 0.533. The van der Waals surface area contributed by atoms with Crippen LogP contribution in [0.25, 0.3) is 0 Å². The van der Waals surface area contributed by atoms with Crippen molar-refractivity contribution in [2.45, 2.75) is 44.1 Å². The minimum atomic E-state index is -0.00981. The highest BCUT2D eigenvalue weighted by Gasteiger charge is 2.32. The maximum atomic E-state index is 12.1. The minimum absolute atomic E-state index is 0.00981. The first kappa shape index (κ1) is 13.6. The summed E-state index contributed by atoms with van der Waals surface area (Å²) < 4.78 is 0. The number of alkyl halides is 1. The quantitative estimate of drug-likeness (QED) is 0.848. The van der Waals surface area contributed by atoms with Crippen molar-refractivity contribution in [3.8, 4) is 0 Å². The Kier molecular flexibility index (Phi) is 4.81. The Morgan fingerprint density at radius 3 is 2.44 bits per heavy atom. The van der Waals surface area contributed by atoms with Crippen LogP contribution in [0.1, 0.15) is 37.7 Å². The molecule has 0 aliphatic heterocycles. The van der Waals surface area contributed by atoms with Gasteiger partial charge in [-0.25, -0.2) is 0 Å². The van der Waals surface area contributed by atoms with E-state index in [1.54, 1.807) is 0 Å². The molecule has 1 aromatic carbocycles. The van der Waals surface area contributed by atoms with Crippen LogP contribution < -0.4 is 5.32 Å². The van der Waals surface area contributed by atoms with Gasteiger partial charge in [-0.3, -0.25) is 4.79 Å². The van der Waals surface area contributed by atoms with E-state index in [1.165, 1.54) is 19.3 Å². The molecule has 2 rings (SSSR count). The van der Waals surface area contributed by atoms with Crippen LogP contribution in [0, 0.1) is 0 Å². The minimum Gasteiger partial charge on any atom is -0.350 e. The second kappa shape index (κ2) is 6.37. The lowest BCUT2D eigenvalue weighted by Crippen LogP contribution is -2.51. The molecule has 3 heteroatoms. The van der Waals surface area contributed by atoms with Crippen LogP contribution >= 0.6 is 15.9 Å². The van der Waals surface area contributed by atoms with Gasteiger partial charge in [0.2, 0.25) is 5.91 Å². The molecule has 1 aliphatic rings. The highest BCUT2D eigenvalue weighted by Crippen LogP contribution is 2.29. The highest BCUT2D eigenvalue weighted by atomic mass is 79.9. The zero-order valence-corrected chi connectivity index (χ0v) is 12.2. The number of hydrogen-bond acceptors (Lipinski definition) is 1. The Hall–Kier alpha value is -0.830. The molecule has 0 radical (unpaired) electrons. The lowest BCUT2D eigenvalue weighted by Gasteiger charge is -2.36. The Labute approximate surface area is 117 Å². The van der Waals surface area contributed by atoms with Gasteiger partial charge in [-0.05, 0) is 18.4 Å². The number of carbonyl (C=O) groups is 1. The van der Waals surface area contributed by atoms with Crippen LogP contribution in [0.4, 0.5) is 0 Å². The molecule has 0 saturated heterocycles. The van der Waals surface area contributed by atoms with Gasteiger partial charge in [0.25, 0.3) is 0 Å². The topological polar surface area (TPSA) is 29.1 Å². The Balaban J connectivity index is 1.93. The number of halogens is 1. The van der Waals surface area contributed by atoms with E-state index in [2.05, 4.69) is 21.2 Å².